The van der Waals surface area contributed by atoms with Gasteiger partial charge in [0.25, 0.3) is 0 Å². The Morgan fingerprint density at radius 2 is 2.21 bits per heavy atom. The highest BCUT2D eigenvalue weighted by Gasteiger charge is 2.14. The molecule has 19 heavy (non-hydrogen) atoms. The summed E-state index contributed by atoms with van der Waals surface area (Å²) < 4.78 is 1.46. The van der Waals surface area contributed by atoms with Crippen LogP contribution in [0.1, 0.15) is 5.69 Å². The number of hydrogen-bond acceptors (Lipinski definition) is 7. The lowest BCUT2D eigenvalue weighted by molar-refractivity contribution is 0.838. The molecule has 0 atom stereocenters. The fourth-order valence-corrected chi connectivity index (χ4v) is 2.92. The molecule has 0 aliphatic heterocycles. The Labute approximate surface area is 117 Å². The van der Waals surface area contributed by atoms with Crippen molar-refractivity contribution in [2.45, 2.75) is 17.2 Å². The van der Waals surface area contributed by atoms with Gasteiger partial charge in [0.2, 0.25) is 5.16 Å². The first kappa shape index (κ1) is 12.1. The molecule has 0 aliphatic carbocycles. The monoisotopic (exact) mass is 290 g/mol. The van der Waals surface area contributed by atoms with Crippen molar-refractivity contribution in [3.8, 4) is 10.7 Å². The minimum Gasteiger partial charge on any atom is -0.335 e. The average molecular weight is 290 g/mol. The first-order valence-corrected chi connectivity index (χ1v) is 7.15. The van der Waals surface area contributed by atoms with E-state index in [2.05, 4.69) is 20.2 Å². The highest BCUT2D eigenvalue weighted by Crippen LogP contribution is 2.27. The molecule has 0 aromatic carbocycles. The predicted octanol–water partition coefficient (Wildman–Crippen LogP) is 1.97. The van der Waals surface area contributed by atoms with Gasteiger partial charge >= 0.3 is 0 Å². The fourth-order valence-electron chi connectivity index (χ4n) is 1.48. The third kappa shape index (κ3) is 2.45. The Balaban J connectivity index is 1.91. The second-order valence-corrected chi connectivity index (χ2v) is 5.62. The molecule has 6 nitrogen and oxygen atoms in total. The van der Waals surface area contributed by atoms with Crippen molar-refractivity contribution in [2.24, 2.45) is 0 Å². The zero-order valence-corrected chi connectivity index (χ0v) is 11.6. The average Bonchev–Trinajstić information content (AvgIpc) is 3.01. The van der Waals surface area contributed by atoms with Gasteiger partial charge in [0.05, 0.1) is 4.88 Å². The van der Waals surface area contributed by atoms with Gasteiger partial charge in [-0.05, 0) is 36.2 Å². The molecule has 2 N–H and O–H groups in total. The van der Waals surface area contributed by atoms with E-state index < -0.39 is 0 Å². The van der Waals surface area contributed by atoms with Gasteiger partial charge < -0.3 is 5.84 Å². The van der Waals surface area contributed by atoms with Crippen molar-refractivity contribution in [3.05, 3.63) is 35.5 Å². The fraction of sp³-hybridized carbons (Fsp3) is 0.0909. The summed E-state index contributed by atoms with van der Waals surface area (Å²) in [5.41, 5.74) is 0.902. The Bertz CT molecular complexity index is 691. The van der Waals surface area contributed by atoms with E-state index in [1.54, 1.807) is 17.5 Å². The van der Waals surface area contributed by atoms with E-state index in [0.717, 1.165) is 10.6 Å². The molecule has 8 heteroatoms. The van der Waals surface area contributed by atoms with Crippen molar-refractivity contribution >= 4 is 23.1 Å². The molecule has 0 amide bonds. The van der Waals surface area contributed by atoms with Gasteiger partial charge in [0.15, 0.2) is 11.0 Å². The van der Waals surface area contributed by atoms with E-state index in [9.17, 15) is 0 Å². The van der Waals surface area contributed by atoms with Crippen LogP contribution in [0.5, 0.6) is 0 Å². The number of aryl methyl sites for hydroxylation is 1. The molecule has 3 heterocycles. The Hall–Kier alpha value is -1.93. The molecular formula is C11H10N6S2. The third-order valence-corrected chi connectivity index (χ3v) is 4.07. The van der Waals surface area contributed by atoms with E-state index in [0.29, 0.717) is 16.1 Å². The number of thiophene rings is 1. The van der Waals surface area contributed by atoms with Crippen LogP contribution < -0.4 is 5.84 Å². The summed E-state index contributed by atoms with van der Waals surface area (Å²) in [6, 6.07) is 5.75. The second kappa shape index (κ2) is 4.98. The number of nitrogens with zero attached hydrogens (tertiary/aromatic N) is 5. The van der Waals surface area contributed by atoms with Crippen molar-refractivity contribution in [1.29, 1.82) is 0 Å². The van der Waals surface area contributed by atoms with Crippen molar-refractivity contribution in [1.82, 2.24) is 24.8 Å². The molecule has 96 valence electrons. The maximum Gasteiger partial charge on any atom is 0.217 e. The number of hydrogen-bond donors (Lipinski definition) is 1. The zero-order valence-electron chi connectivity index (χ0n) is 10.0. The molecule has 0 radical (unpaired) electrons. The normalized spacial score (nSPS) is 10.8. The maximum atomic E-state index is 6.00. The van der Waals surface area contributed by atoms with E-state index >= 15 is 0 Å². The van der Waals surface area contributed by atoms with Gasteiger partial charge in [-0.3, -0.25) is 0 Å². The molecule has 0 bridgehead atoms. The summed E-state index contributed by atoms with van der Waals surface area (Å²) in [5.74, 6) is 6.65. The van der Waals surface area contributed by atoms with Crippen LogP contribution in [-0.2, 0) is 0 Å². The highest BCUT2D eigenvalue weighted by atomic mass is 32.2. The molecule has 0 aliphatic rings. The van der Waals surface area contributed by atoms with Gasteiger partial charge in [-0.25, -0.2) is 14.6 Å². The minimum atomic E-state index is 0.564. The van der Waals surface area contributed by atoms with E-state index in [1.807, 2.05) is 30.5 Å². The Morgan fingerprint density at radius 1 is 1.32 bits per heavy atom. The lowest BCUT2D eigenvalue weighted by Gasteiger charge is -2.01. The van der Waals surface area contributed by atoms with Crippen LogP contribution >= 0.6 is 23.1 Å². The van der Waals surface area contributed by atoms with Crippen LogP contribution in [0.2, 0.25) is 0 Å². The van der Waals surface area contributed by atoms with Crippen LogP contribution in [-0.4, -0.2) is 24.8 Å². The zero-order chi connectivity index (χ0) is 13.2. The van der Waals surface area contributed by atoms with Crippen molar-refractivity contribution in [3.63, 3.8) is 0 Å². The molecular weight excluding hydrogens is 280 g/mol. The highest BCUT2D eigenvalue weighted by molar-refractivity contribution is 7.99. The number of aromatic nitrogens is 5. The first-order chi connectivity index (χ1) is 9.24. The largest absolute Gasteiger partial charge is 0.335 e. The summed E-state index contributed by atoms with van der Waals surface area (Å²) in [6.45, 7) is 1.91. The quantitative estimate of drug-likeness (QED) is 0.586. The second-order valence-electron chi connectivity index (χ2n) is 3.74. The third-order valence-electron chi connectivity index (χ3n) is 2.36. The van der Waals surface area contributed by atoms with Crippen LogP contribution in [0.3, 0.4) is 0 Å². The SMILES string of the molecule is Cc1ccnc(Sc2nnc(-c3cccs3)n2N)n1. The summed E-state index contributed by atoms with van der Waals surface area (Å²) >= 11 is 2.86. The number of nitrogens with two attached hydrogens (primary N) is 1. The maximum absolute atomic E-state index is 6.00. The molecule has 3 aromatic rings. The summed E-state index contributed by atoms with van der Waals surface area (Å²) in [5, 5.41) is 11.3. The Morgan fingerprint density at radius 3 is 2.95 bits per heavy atom. The van der Waals surface area contributed by atoms with Crippen LogP contribution in [0, 0.1) is 6.92 Å². The molecule has 0 spiro atoms. The van der Waals surface area contributed by atoms with Gasteiger partial charge in [-0.2, -0.15) is 0 Å². The van der Waals surface area contributed by atoms with Gasteiger partial charge in [-0.15, -0.1) is 21.5 Å². The lowest BCUT2D eigenvalue weighted by Crippen LogP contribution is -2.11. The summed E-state index contributed by atoms with van der Waals surface area (Å²) in [7, 11) is 0. The summed E-state index contributed by atoms with van der Waals surface area (Å²) in [4.78, 5) is 9.44. The minimum absolute atomic E-state index is 0.564. The van der Waals surface area contributed by atoms with Gasteiger partial charge in [0, 0.05) is 11.9 Å². The van der Waals surface area contributed by atoms with Crippen molar-refractivity contribution in [2.75, 3.05) is 5.84 Å². The van der Waals surface area contributed by atoms with Crippen LogP contribution in [0.15, 0.2) is 40.1 Å². The van der Waals surface area contributed by atoms with E-state index in [1.165, 1.54) is 16.4 Å². The van der Waals surface area contributed by atoms with Crippen molar-refractivity contribution < 1.29 is 0 Å². The lowest BCUT2D eigenvalue weighted by atomic mass is 10.4. The van der Waals surface area contributed by atoms with Gasteiger partial charge in [0.1, 0.15) is 0 Å². The smallest absolute Gasteiger partial charge is 0.217 e. The molecule has 0 saturated heterocycles. The number of rotatable bonds is 3. The van der Waals surface area contributed by atoms with Crippen LogP contribution in [0.4, 0.5) is 0 Å². The predicted molar refractivity (Wildman–Crippen MR) is 74.4 cm³/mol. The number of nitrogen functional groups attached to an aromatic ring is 1. The molecule has 0 fully saturated rings. The molecule has 3 rings (SSSR count). The standard InChI is InChI=1S/C11H10N6S2/c1-7-4-5-13-10(14-7)19-11-16-15-9(17(11)12)8-3-2-6-18-8/h2-6H,12H2,1H3. The van der Waals surface area contributed by atoms with E-state index in [-0.39, 0.29) is 0 Å². The molecule has 0 unspecified atom stereocenters. The summed E-state index contributed by atoms with van der Waals surface area (Å²) in [6.07, 6.45) is 1.71. The molecule has 3 aromatic heterocycles. The van der Waals surface area contributed by atoms with Crippen LogP contribution in [0.25, 0.3) is 10.7 Å². The Kier molecular flexibility index (Phi) is 3.18. The topological polar surface area (TPSA) is 82.5 Å². The van der Waals surface area contributed by atoms with E-state index in [4.69, 9.17) is 5.84 Å². The van der Waals surface area contributed by atoms with Gasteiger partial charge in [-0.1, -0.05) is 6.07 Å². The first-order valence-electron chi connectivity index (χ1n) is 5.46. The molecule has 0 saturated carbocycles.